The van der Waals surface area contributed by atoms with Gasteiger partial charge in [0.15, 0.2) is 0 Å². The molecule has 0 aliphatic carbocycles. The predicted octanol–water partition coefficient (Wildman–Crippen LogP) is 1.49. The summed E-state index contributed by atoms with van der Waals surface area (Å²) in [7, 11) is 0. The van der Waals surface area contributed by atoms with Crippen molar-refractivity contribution in [1.82, 2.24) is 4.90 Å². The van der Waals surface area contributed by atoms with Crippen molar-refractivity contribution in [2.75, 3.05) is 19.6 Å². The lowest BCUT2D eigenvalue weighted by molar-refractivity contribution is -0.137. The smallest absolute Gasteiger partial charge is 0.304 e. The minimum Gasteiger partial charge on any atom is -0.481 e. The van der Waals surface area contributed by atoms with Crippen molar-refractivity contribution in [3.63, 3.8) is 0 Å². The van der Waals surface area contributed by atoms with E-state index < -0.39 is 5.97 Å². The molecule has 2 rings (SSSR count). The van der Waals surface area contributed by atoms with Gasteiger partial charge in [0.25, 0.3) is 0 Å². The molecule has 1 aromatic rings. The van der Waals surface area contributed by atoms with Gasteiger partial charge in [-0.3, -0.25) is 4.79 Å². The molecule has 110 valence electrons. The second-order valence-electron chi connectivity index (χ2n) is 5.60. The number of carbonyl (C=O) groups is 1. The third-order valence-electron chi connectivity index (χ3n) is 3.72. The van der Waals surface area contributed by atoms with Crippen LogP contribution >= 0.6 is 0 Å². The average molecular weight is 280 g/mol. The summed E-state index contributed by atoms with van der Waals surface area (Å²) in [4.78, 5) is 12.8. The van der Waals surface area contributed by atoms with Crippen molar-refractivity contribution >= 4 is 5.97 Å². The quantitative estimate of drug-likeness (QED) is 0.857. The molecule has 1 aliphatic heterocycles. The number of aliphatic carboxylic acids is 1. The molecule has 4 nitrogen and oxygen atoms in total. The Hall–Kier alpha value is -1.46. The maximum Gasteiger partial charge on any atom is 0.304 e. The fraction of sp³-hybridized carbons (Fsp3) is 0.533. The lowest BCUT2D eigenvalue weighted by Gasteiger charge is -2.36. The van der Waals surface area contributed by atoms with Gasteiger partial charge in [-0.15, -0.1) is 0 Å². The molecule has 0 saturated carbocycles. The zero-order valence-electron chi connectivity index (χ0n) is 11.5. The average Bonchev–Trinajstić information content (AvgIpc) is 2.38. The van der Waals surface area contributed by atoms with Gasteiger partial charge in [0, 0.05) is 25.7 Å². The Morgan fingerprint density at radius 3 is 2.70 bits per heavy atom. The number of carboxylic acids is 1. The third kappa shape index (κ3) is 4.58. The van der Waals surface area contributed by atoms with Crippen LogP contribution in [0.3, 0.4) is 0 Å². The highest BCUT2D eigenvalue weighted by Crippen LogP contribution is 2.20. The van der Waals surface area contributed by atoms with Crippen molar-refractivity contribution < 1.29 is 14.3 Å². The van der Waals surface area contributed by atoms with Crippen LogP contribution in [0.4, 0.5) is 4.39 Å². The Labute approximate surface area is 118 Å². The second-order valence-corrected chi connectivity index (χ2v) is 5.60. The first-order valence-electron chi connectivity index (χ1n) is 6.97. The van der Waals surface area contributed by atoms with Crippen LogP contribution in [-0.2, 0) is 11.2 Å². The molecular weight excluding hydrogens is 259 g/mol. The summed E-state index contributed by atoms with van der Waals surface area (Å²) in [5, 5.41) is 8.74. The topological polar surface area (TPSA) is 66.6 Å². The van der Waals surface area contributed by atoms with Crippen molar-refractivity contribution in [1.29, 1.82) is 0 Å². The van der Waals surface area contributed by atoms with Gasteiger partial charge in [-0.05, 0) is 36.5 Å². The van der Waals surface area contributed by atoms with Crippen LogP contribution < -0.4 is 5.73 Å². The summed E-state index contributed by atoms with van der Waals surface area (Å²) in [6, 6.07) is 6.64. The number of rotatable bonds is 5. The standard InChI is InChI=1S/C15H21FN2O2/c16-13-3-1-11(2-4-13)7-12-8-14(17)10-18(9-12)6-5-15(19)20/h1-4,12,14H,5-10,17H2,(H,19,20). The molecule has 5 heteroatoms. The molecule has 0 bridgehead atoms. The first-order valence-corrected chi connectivity index (χ1v) is 6.97. The molecule has 20 heavy (non-hydrogen) atoms. The van der Waals surface area contributed by atoms with Crippen LogP contribution in [-0.4, -0.2) is 41.7 Å². The Morgan fingerprint density at radius 1 is 1.35 bits per heavy atom. The van der Waals surface area contributed by atoms with E-state index in [1.807, 2.05) is 0 Å². The fourth-order valence-corrected chi connectivity index (χ4v) is 2.89. The van der Waals surface area contributed by atoms with Gasteiger partial charge >= 0.3 is 5.97 Å². The highest BCUT2D eigenvalue weighted by Gasteiger charge is 2.25. The minimum absolute atomic E-state index is 0.0861. The number of hydrogen-bond donors (Lipinski definition) is 2. The molecule has 1 saturated heterocycles. The molecule has 1 aliphatic rings. The maximum absolute atomic E-state index is 12.9. The first kappa shape index (κ1) is 14.9. The minimum atomic E-state index is -0.778. The zero-order valence-corrected chi connectivity index (χ0v) is 11.5. The molecule has 3 N–H and O–H groups in total. The van der Waals surface area contributed by atoms with Crippen molar-refractivity contribution in [2.45, 2.75) is 25.3 Å². The SMILES string of the molecule is NC1CC(Cc2ccc(F)cc2)CN(CCC(=O)O)C1. The van der Waals surface area contributed by atoms with E-state index in [0.29, 0.717) is 12.5 Å². The van der Waals surface area contributed by atoms with E-state index in [9.17, 15) is 9.18 Å². The largest absolute Gasteiger partial charge is 0.481 e. The van der Waals surface area contributed by atoms with E-state index in [1.165, 1.54) is 12.1 Å². The summed E-state index contributed by atoms with van der Waals surface area (Å²) in [5.41, 5.74) is 7.15. The van der Waals surface area contributed by atoms with Gasteiger partial charge in [0.05, 0.1) is 6.42 Å². The van der Waals surface area contributed by atoms with Gasteiger partial charge in [0.1, 0.15) is 5.82 Å². The summed E-state index contributed by atoms with van der Waals surface area (Å²) < 4.78 is 12.9. The molecule has 2 unspecified atom stereocenters. The van der Waals surface area contributed by atoms with Gasteiger partial charge in [-0.2, -0.15) is 0 Å². The monoisotopic (exact) mass is 280 g/mol. The molecular formula is C15H21FN2O2. The molecule has 0 aromatic heterocycles. The lowest BCUT2D eigenvalue weighted by atomic mass is 9.89. The van der Waals surface area contributed by atoms with E-state index in [2.05, 4.69) is 4.90 Å². The van der Waals surface area contributed by atoms with Gasteiger partial charge < -0.3 is 15.7 Å². The van der Waals surface area contributed by atoms with E-state index in [0.717, 1.165) is 31.5 Å². The fourth-order valence-electron chi connectivity index (χ4n) is 2.89. The highest BCUT2D eigenvalue weighted by molar-refractivity contribution is 5.66. The Balaban J connectivity index is 1.90. The molecule has 0 spiro atoms. The van der Waals surface area contributed by atoms with Crippen LogP contribution in [0, 0.1) is 11.7 Å². The maximum atomic E-state index is 12.9. The Kier molecular flexibility index (Phi) is 5.09. The Morgan fingerprint density at radius 2 is 2.05 bits per heavy atom. The number of benzene rings is 1. The zero-order chi connectivity index (χ0) is 14.5. The summed E-state index contributed by atoms with van der Waals surface area (Å²) in [6.45, 7) is 2.16. The number of piperidine rings is 1. The van der Waals surface area contributed by atoms with Gasteiger partial charge in [-0.25, -0.2) is 4.39 Å². The number of nitrogens with two attached hydrogens (primary N) is 1. The number of halogens is 1. The summed E-state index contributed by atoms with van der Waals surface area (Å²) in [5.74, 6) is -0.602. The van der Waals surface area contributed by atoms with Crippen LogP contribution in [0.1, 0.15) is 18.4 Å². The van der Waals surface area contributed by atoms with Crippen LogP contribution in [0.2, 0.25) is 0 Å². The number of carboxylic acid groups (broad SMARTS) is 1. The molecule has 1 aromatic carbocycles. The molecule has 1 heterocycles. The first-order chi connectivity index (χ1) is 9.52. The highest BCUT2D eigenvalue weighted by atomic mass is 19.1. The number of hydrogen-bond acceptors (Lipinski definition) is 3. The summed E-state index contributed by atoms with van der Waals surface area (Å²) in [6.07, 6.45) is 1.94. The van der Waals surface area contributed by atoms with Crippen LogP contribution in [0.5, 0.6) is 0 Å². The molecule has 0 radical (unpaired) electrons. The van der Waals surface area contributed by atoms with E-state index in [-0.39, 0.29) is 18.3 Å². The molecule has 0 amide bonds. The molecule has 1 fully saturated rings. The second kappa shape index (κ2) is 6.81. The lowest BCUT2D eigenvalue weighted by Crippen LogP contribution is -2.48. The van der Waals surface area contributed by atoms with Crippen LogP contribution in [0.15, 0.2) is 24.3 Å². The Bertz CT molecular complexity index is 450. The number of nitrogens with zero attached hydrogens (tertiary/aromatic N) is 1. The number of likely N-dealkylation sites (tertiary alicyclic amines) is 1. The third-order valence-corrected chi connectivity index (χ3v) is 3.72. The predicted molar refractivity (Wildman–Crippen MR) is 74.9 cm³/mol. The van der Waals surface area contributed by atoms with Crippen molar-refractivity contribution in [3.05, 3.63) is 35.6 Å². The van der Waals surface area contributed by atoms with E-state index >= 15 is 0 Å². The molecule has 2 atom stereocenters. The van der Waals surface area contributed by atoms with E-state index in [1.54, 1.807) is 12.1 Å². The summed E-state index contributed by atoms with van der Waals surface area (Å²) >= 11 is 0. The van der Waals surface area contributed by atoms with Gasteiger partial charge in [0.2, 0.25) is 0 Å². The van der Waals surface area contributed by atoms with E-state index in [4.69, 9.17) is 10.8 Å². The van der Waals surface area contributed by atoms with Gasteiger partial charge in [-0.1, -0.05) is 12.1 Å². The van der Waals surface area contributed by atoms with Crippen molar-refractivity contribution in [2.24, 2.45) is 11.7 Å². The van der Waals surface area contributed by atoms with Crippen molar-refractivity contribution in [3.8, 4) is 0 Å². The van der Waals surface area contributed by atoms with Crippen LogP contribution in [0.25, 0.3) is 0 Å². The normalized spacial score (nSPS) is 23.7.